The Morgan fingerprint density at radius 3 is 2.26 bits per heavy atom. The average Bonchev–Trinajstić information content (AvgIpc) is 3.83. The average molecular weight is 809 g/mol. The van der Waals surface area contributed by atoms with Crippen LogP contribution in [0.5, 0.6) is 0 Å². The Hall–Kier alpha value is -5.45. The number of benzene rings is 2. The summed E-state index contributed by atoms with van der Waals surface area (Å²) in [6.45, 7) is 6.95. The molecule has 0 aliphatic carbocycles. The Bertz CT molecular complexity index is 1910. The molecule has 6 amide bonds. The molecule has 0 saturated carbocycles. The minimum atomic E-state index is -1.62. The second kappa shape index (κ2) is 18.0. The predicted octanol–water partition coefficient (Wildman–Crippen LogP) is 0.933. The van der Waals surface area contributed by atoms with Gasteiger partial charge in [0.25, 0.3) is 0 Å². The molecule has 8 atom stereocenters. The van der Waals surface area contributed by atoms with Gasteiger partial charge < -0.3 is 40.1 Å². The van der Waals surface area contributed by atoms with Crippen molar-refractivity contribution in [2.45, 2.75) is 102 Å². The first-order chi connectivity index (χ1) is 27.6. The Morgan fingerprint density at radius 1 is 0.862 bits per heavy atom. The number of nitrogens with one attached hydrogen (secondary N) is 3. The number of carbonyl (C=O) groups excluding carboxylic acids is 7. The number of rotatable bonds is 7. The Labute approximate surface area is 335 Å². The summed E-state index contributed by atoms with van der Waals surface area (Å²) in [4.78, 5) is 102. The van der Waals surface area contributed by atoms with Crippen LogP contribution in [-0.2, 0) is 55.9 Å². The first-order valence-electron chi connectivity index (χ1n) is 19.7. The van der Waals surface area contributed by atoms with E-state index in [0.29, 0.717) is 18.1 Å². The van der Waals surface area contributed by atoms with Crippen molar-refractivity contribution in [3.05, 3.63) is 70.8 Å². The zero-order valence-corrected chi connectivity index (χ0v) is 33.0. The quantitative estimate of drug-likeness (QED) is 0.343. The van der Waals surface area contributed by atoms with Gasteiger partial charge in [-0.1, -0.05) is 36.8 Å². The third-order valence-corrected chi connectivity index (χ3v) is 11.2. The van der Waals surface area contributed by atoms with E-state index in [1.165, 1.54) is 28.5 Å². The van der Waals surface area contributed by atoms with Crippen LogP contribution in [0.15, 0.2) is 42.5 Å². The molecule has 4 aliphatic heterocycles. The van der Waals surface area contributed by atoms with Gasteiger partial charge in [-0.2, -0.15) is 0 Å². The van der Waals surface area contributed by atoms with Crippen molar-refractivity contribution in [3.63, 3.8) is 0 Å². The highest BCUT2D eigenvalue weighted by Crippen LogP contribution is 2.28. The summed E-state index contributed by atoms with van der Waals surface area (Å²) < 4.78 is 40.1. The molecule has 0 spiro atoms. The second-order valence-corrected chi connectivity index (χ2v) is 15.8. The van der Waals surface area contributed by atoms with Gasteiger partial charge in [0.2, 0.25) is 35.4 Å². The molecular formula is C41H50F2N6O9. The highest BCUT2D eigenvalue weighted by molar-refractivity contribution is 5.98. The fraction of sp³-hybridized carbons (Fsp3) is 0.537. The van der Waals surface area contributed by atoms with Crippen molar-refractivity contribution in [2.75, 3.05) is 32.8 Å². The smallest absolute Gasteiger partial charge is 0.329 e. The zero-order valence-electron chi connectivity index (χ0n) is 33.0. The van der Waals surface area contributed by atoms with Crippen molar-refractivity contribution in [1.29, 1.82) is 0 Å². The van der Waals surface area contributed by atoms with Crippen LogP contribution in [0.25, 0.3) is 0 Å². The van der Waals surface area contributed by atoms with Gasteiger partial charge in [-0.15, -0.1) is 0 Å². The maximum absolute atomic E-state index is 14.7. The Balaban J connectivity index is 1.34. The molecule has 4 aliphatic rings. The van der Waals surface area contributed by atoms with E-state index in [1.54, 1.807) is 12.1 Å². The van der Waals surface area contributed by atoms with Gasteiger partial charge >= 0.3 is 5.97 Å². The minimum absolute atomic E-state index is 0.0423. The zero-order chi connectivity index (χ0) is 41.8. The Morgan fingerprint density at radius 2 is 1.55 bits per heavy atom. The van der Waals surface area contributed by atoms with E-state index in [2.05, 4.69) is 16.0 Å². The number of carbonyl (C=O) groups is 7. The van der Waals surface area contributed by atoms with Crippen LogP contribution in [0.4, 0.5) is 8.78 Å². The van der Waals surface area contributed by atoms with Crippen molar-refractivity contribution >= 4 is 41.4 Å². The lowest BCUT2D eigenvalue weighted by atomic mass is 10.0. The number of morpholine rings is 1. The molecule has 6 rings (SSSR count). The summed E-state index contributed by atoms with van der Waals surface area (Å²) >= 11 is 0. The van der Waals surface area contributed by atoms with E-state index < -0.39 is 95.4 Å². The number of fused-ring (bicyclic) bond motifs is 3. The summed E-state index contributed by atoms with van der Waals surface area (Å²) in [6.07, 6.45) is -1.02. The fourth-order valence-electron chi connectivity index (χ4n) is 8.15. The molecular weight excluding hydrogens is 758 g/mol. The summed E-state index contributed by atoms with van der Waals surface area (Å²) in [5.74, 6) is -6.76. The molecule has 4 heterocycles. The van der Waals surface area contributed by atoms with Crippen molar-refractivity contribution in [2.24, 2.45) is 5.92 Å². The number of cyclic esters (lactones) is 1. The van der Waals surface area contributed by atoms with E-state index in [0.717, 1.165) is 17.7 Å². The van der Waals surface area contributed by atoms with Crippen LogP contribution in [0, 0.1) is 24.5 Å². The largest absolute Gasteiger partial charge is 0.458 e. The topological polar surface area (TPSA) is 184 Å². The molecule has 2 aromatic carbocycles. The van der Waals surface area contributed by atoms with Crippen molar-refractivity contribution < 1.29 is 51.8 Å². The number of halogens is 2. The maximum Gasteiger partial charge on any atom is 0.329 e. The summed E-state index contributed by atoms with van der Waals surface area (Å²) in [5.41, 5.74) is 1.65. The van der Waals surface area contributed by atoms with Gasteiger partial charge in [0.05, 0.1) is 19.6 Å². The first kappa shape index (κ1) is 42.2. The SMILES string of the molecule is Cc1ccc(CC(=O)N[C@@H](Cc2cc(F)cc(F)c2)C(=O)N[C@@H]2C(=O)N3CCCC3C(=O)N3CCOCC3C(=O)N[C@@H](C)C(=O)N3C[C@@H](C)CC3C(=O)O[C@H]2C)cc1. The van der Waals surface area contributed by atoms with Crippen LogP contribution in [0.2, 0.25) is 0 Å². The summed E-state index contributed by atoms with van der Waals surface area (Å²) in [7, 11) is 0. The first-order valence-corrected chi connectivity index (χ1v) is 19.7. The number of amides is 6. The number of esters is 1. The summed E-state index contributed by atoms with van der Waals surface area (Å²) in [5, 5.41) is 7.97. The molecule has 312 valence electrons. The molecule has 4 saturated heterocycles. The van der Waals surface area contributed by atoms with Crippen molar-refractivity contribution in [1.82, 2.24) is 30.7 Å². The molecule has 4 fully saturated rings. The highest BCUT2D eigenvalue weighted by Gasteiger charge is 2.47. The molecule has 3 unspecified atom stereocenters. The van der Waals surface area contributed by atoms with Crippen LogP contribution in [0.1, 0.15) is 56.7 Å². The molecule has 3 N–H and O–H groups in total. The number of hydrogen-bond acceptors (Lipinski definition) is 9. The number of aryl methyl sites for hydroxylation is 1. The van der Waals surface area contributed by atoms with E-state index in [1.807, 2.05) is 26.0 Å². The lowest BCUT2D eigenvalue weighted by molar-refractivity contribution is -0.164. The van der Waals surface area contributed by atoms with Crippen LogP contribution in [-0.4, -0.2) is 131 Å². The van der Waals surface area contributed by atoms with Gasteiger partial charge in [-0.25, -0.2) is 13.6 Å². The van der Waals surface area contributed by atoms with Gasteiger partial charge in [-0.3, -0.25) is 28.8 Å². The summed E-state index contributed by atoms with van der Waals surface area (Å²) in [6, 6.07) is 2.45. The maximum atomic E-state index is 14.7. The molecule has 58 heavy (non-hydrogen) atoms. The third-order valence-electron chi connectivity index (χ3n) is 11.2. The predicted molar refractivity (Wildman–Crippen MR) is 202 cm³/mol. The fourth-order valence-corrected chi connectivity index (χ4v) is 8.15. The van der Waals surface area contributed by atoms with Crippen LogP contribution >= 0.6 is 0 Å². The van der Waals surface area contributed by atoms with E-state index >= 15 is 0 Å². The molecule has 0 aromatic heterocycles. The Kier molecular flexibility index (Phi) is 13.1. The van der Waals surface area contributed by atoms with E-state index in [-0.39, 0.29) is 70.0 Å². The van der Waals surface area contributed by atoms with Gasteiger partial charge in [0.1, 0.15) is 54.0 Å². The minimum Gasteiger partial charge on any atom is -0.458 e. The van der Waals surface area contributed by atoms with Gasteiger partial charge in [0.15, 0.2) is 0 Å². The van der Waals surface area contributed by atoms with Crippen molar-refractivity contribution in [3.8, 4) is 0 Å². The lowest BCUT2D eigenvalue weighted by Gasteiger charge is -2.39. The number of ether oxygens (including phenoxy) is 2. The molecule has 0 radical (unpaired) electrons. The van der Waals surface area contributed by atoms with Crippen LogP contribution < -0.4 is 16.0 Å². The van der Waals surface area contributed by atoms with Crippen LogP contribution in [0.3, 0.4) is 0 Å². The van der Waals surface area contributed by atoms with E-state index in [9.17, 15) is 42.3 Å². The lowest BCUT2D eigenvalue weighted by Crippen LogP contribution is -2.64. The highest BCUT2D eigenvalue weighted by atomic mass is 19.1. The second-order valence-electron chi connectivity index (χ2n) is 15.8. The standard InChI is InChI=1S/C41H50F2N6O9/c1-22-7-9-26(10-8-22)18-34(50)45-30(17-27-15-28(42)19-29(43)16-27)36(51)46-35-25(4)58-41(56)32-14-23(2)20-49(32)38(53)24(3)44-37(52)33-21-57-13-12-48(33)39(54)31-6-5-11-47(31)40(35)55/h7-10,15-16,19,23-25,30-33,35H,5-6,11-14,17-18,20-21H2,1-4H3,(H,44,52)(H,45,50)(H,46,51)/t23-,24-,25-,30-,31?,32?,33?,35-/m0/s1. The molecule has 0 bridgehead atoms. The van der Waals surface area contributed by atoms with Gasteiger partial charge in [0, 0.05) is 32.1 Å². The molecule has 17 heteroatoms. The monoisotopic (exact) mass is 808 g/mol. The number of nitrogens with zero attached hydrogens (tertiary/aromatic N) is 3. The van der Waals surface area contributed by atoms with E-state index in [4.69, 9.17) is 9.47 Å². The molecule has 2 aromatic rings. The third kappa shape index (κ3) is 9.63. The molecule has 15 nitrogen and oxygen atoms in total. The normalized spacial score (nSPS) is 27.6. The van der Waals surface area contributed by atoms with Gasteiger partial charge in [-0.05, 0) is 69.2 Å². The number of hydrogen-bond donors (Lipinski definition) is 3.